The average Bonchev–Trinajstić information content (AvgIpc) is 2.41. The Balaban J connectivity index is 2.26. The molecule has 0 aromatic heterocycles. The van der Waals surface area contributed by atoms with Crippen LogP contribution >= 0.6 is 11.6 Å². The smallest absolute Gasteiger partial charge is 0.207 e. The fraction of sp³-hybridized carbons (Fsp3) is 0.200. The van der Waals surface area contributed by atoms with Crippen LogP contribution in [-0.2, 0) is 16.6 Å². The van der Waals surface area contributed by atoms with Gasteiger partial charge in [-0.2, -0.15) is 4.31 Å². The molecule has 20 heavy (non-hydrogen) atoms. The van der Waals surface area contributed by atoms with Gasteiger partial charge >= 0.3 is 0 Å². The van der Waals surface area contributed by atoms with Crippen LogP contribution in [0, 0.1) is 6.92 Å². The standard InChI is InChI=1S/C15H16ClNO2S/c1-12-7-9-13(10-8-12)11-17(2)20(18,19)15-6-4-3-5-14(15)16/h3-10H,11H2,1-2H3. The molecule has 0 atom stereocenters. The van der Waals surface area contributed by atoms with Gasteiger partial charge in [0.1, 0.15) is 4.90 Å². The van der Waals surface area contributed by atoms with Gasteiger partial charge in [-0.15, -0.1) is 0 Å². The first kappa shape index (κ1) is 15.0. The summed E-state index contributed by atoms with van der Waals surface area (Å²) in [5.74, 6) is 0. The van der Waals surface area contributed by atoms with Crippen LogP contribution in [0.2, 0.25) is 5.02 Å². The van der Waals surface area contributed by atoms with Crippen molar-refractivity contribution in [2.75, 3.05) is 7.05 Å². The fourth-order valence-electron chi connectivity index (χ4n) is 1.86. The summed E-state index contributed by atoms with van der Waals surface area (Å²) in [5, 5.41) is 0.239. The molecule has 0 amide bonds. The molecule has 2 rings (SSSR count). The Bertz CT molecular complexity index is 696. The third kappa shape index (κ3) is 3.20. The van der Waals surface area contributed by atoms with Gasteiger partial charge in [-0.05, 0) is 24.6 Å². The number of rotatable bonds is 4. The van der Waals surface area contributed by atoms with Crippen LogP contribution in [-0.4, -0.2) is 19.8 Å². The van der Waals surface area contributed by atoms with Crippen molar-refractivity contribution in [2.45, 2.75) is 18.4 Å². The highest BCUT2D eigenvalue weighted by Crippen LogP contribution is 2.24. The van der Waals surface area contributed by atoms with Crippen LogP contribution in [0.25, 0.3) is 0 Å². The zero-order valence-electron chi connectivity index (χ0n) is 11.4. The highest BCUT2D eigenvalue weighted by atomic mass is 35.5. The lowest BCUT2D eigenvalue weighted by molar-refractivity contribution is 0.467. The Hall–Kier alpha value is -1.36. The highest BCUT2D eigenvalue weighted by Gasteiger charge is 2.23. The van der Waals surface area contributed by atoms with Crippen LogP contribution in [0.5, 0.6) is 0 Å². The predicted molar refractivity (Wildman–Crippen MR) is 81.3 cm³/mol. The first-order valence-corrected chi connectivity index (χ1v) is 7.99. The van der Waals surface area contributed by atoms with Crippen molar-refractivity contribution in [1.82, 2.24) is 4.31 Å². The van der Waals surface area contributed by atoms with E-state index in [1.807, 2.05) is 31.2 Å². The van der Waals surface area contributed by atoms with E-state index in [0.717, 1.165) is 11.1 Å². The largest absolute Gasteiger partial charge is 0.244 e. The van der Waals surface area contributed by atoms with Crippen molar-refractivity contribution in [2.24, 2.45) is 0 Å². The van der Waals surface area contributed by atoms with Gasteiger partial charge in [0.05, 0.1) is 5.02 Å². The van der Waals surface area contributed by atoms with Crippen LogP contribution < -0.4 is 0 Å². The van der Waals surface area contributed by atoms with Crippen molar-refractivity contribution in [3.8, 4) is 0 Å². The molecule has 0 aliphatic rings. The topological polar surface area (TPSA) is 37.4 Å². The maximum Gasteiger partial charge on any atom is 0.244 e. The van der Waals surface area contributed by atoms with E-state index < -0.39 is 10.0 Å². The van der Waals surface area contributed by atoms with E-state index in [2.05, 4.69) is 0 Å². The summed E-state index contributed by atoms with van der Waals surface area (Å²) in [7, 11) is -2.02. The van der Waals surface area contributed by atoms with Crippen molar-refractivity contribution in [1.29, 1.82) is 0 Å². The van der Waals surface area contributed by atoms with Crippen molar-refractivity contribution >= 4 is 21.6 Å². The molecule has 0 spiro atoms. The number of sulfonamides is 1. The van der Waals surface area contributed by atoms with Crippen molar-refractivity contribution < 1.29 is 8.42 Å². The molecule has 0 bridgehead atoms. The minimum absolute atomic E-state index is 0.135. The normalized spacial score (nSPS) is 11.8. The number of benzene rings is 2. The van der Waals surface area contributed by atoms with Crippen LogP contribution in [0.15, 0.2) is 53.4 Å². The molecule has 0 saturated heterocycles. The first-order chi connectivity index (χ1) is 9.41. The lowest BCUT2D eigenvalue weighted by Gasteiger charge is -2.18. The minimum Gasteiger partial charge on any atom is -0.207 e. The number of aryl methyl sites for hydroxylation is 1. The Morgan fingerprint density at radius 1 is 1.05 bits per heavy atom. The lowest BCUT2D eigenvalue weighted by atomic mass is 10.1. The molecule has 3 nitrogen and oxygen atoms in total. The molecule has 0 unspecified atom stereocenters. The summed E-state index contributed by atoms with van der Waals surface area (Å²) in [6.07, 6.45) is 0. The van der Waals surface area contributed by atoms with Gasteiger partial charge in [0, 0.05) is 13.6 Å². The SMILES string of the molecule is Cc1ccc(CN(C)S(=O)(=O)c2ccccc2Cl)cc1. The predicted octanol–water partition coefficient (Wildman–Crippen LogP) is 3.47. The summed E-state index contributed by atoms with van der Waals surface area (Å²) in [4.78, 5) is 0.135. The Morgan fingerprint density at radius 2 is 1.65 bits per heavy atom. The van der Waals surface area contributed by atoms with Gasteiger partial charge in [0.2, 0.25) is 10.0 Å². The Labute approximate surface area is 124 Å². The van der Waals surface area contributed by atoms with E-state index in [4.69, 9.17) is 11.6 Å². The highest BCUT2D eigenvalue weighted by molar-refractivity contribution is 7.89. The van der Waals surface area contributed by atoms with Crippen LogP contribution in [0.3, 0.4) is 0 Å². The molecule has 5 heteroatoms. The van der Waals surface area contributed by atoms with Gasteiger partial charge < -0.3 is 0 Å². The third-order valence-corrected chi connectivity index (χ3v) is 5.35. The maximum absolute atomic E-state index is 12.5. The van der Waals surface area contributed by atoms with Crippen LogP contribution in [0.4, 0.5) is 0 Å². The second-order valence-electron chi connectivity index (χ2n) is 4.68. The zero-order valence-corrected chi connectivity index (χ0v) is 12.9. The summed E-state index contributed by atoms with van der Waals surface area (Å²) in [6.45, 7) is 2.31. The maximum atomic E-state index is 12.5. The quantitative estimate of drug-likeness (QED) is 0.867. The third-order valence-electron chi connectivity index (χ3n) is 3.05. The van der Waals surface area contributed by atoms with E-state index in [0.29, 0.717) is 6.54 Å². The molecule has 2 aromatic rings. The number of halogens is 1. The molecule has 0 aliphatic heterocycles. The van der Waals surface area contributed by atoms with Crippen molar-refractivity contribution in [3.05, 3.63) is 64.7 Å². The Kier molecular flexibility index (Phi) is 4.48. The van der Waals surface area contributed by atoms with E-state index in [1.54, 1.807) is 25.2 Å². The zero-order chi connectivity index (χ0) is 14.8. The molecule has 0 aliphatic carbocycles. The number of hydrogen-bond donors (Lipinski definition) is 0. The van der Waals surface area contributed by atoms with E-state index in [-0.39, 0.29) is 9.92 Å². The summed E-state index contributed by atoms with van der Waals surface area (Å²) >= 11 is 5.97. The summed E-state index contributed by atoms with van der Waals surface area (Å²) < 4.78 is 26.2. The molecular weight excluding hydrogens is 294 g/mol. The fourth-order valence-corrected chi connectivity index (χ4v) is 3.51. The van der Waals surface area contributed by atoms with Gasteiger partial charge in [-0.3, -0.25) is 0 Å². The van der Waals surface area contributed by atoms with Gasteiger partial charge in [0.15, 0.2) is 0 Å². The number of nitrogens with zero attached hydrogens (tertiary/aromatic N) is 1. The van der Waals surface area contributed by atoms with E-state index >= 15 is 0 Å². The Morgan fingerprint density at radius 3 is 2.25 bits per heavy atom. The molecule has 0 N–H and O–H groups in total. The van der Waals surface area contributed by atoms with Gasteiger partial charge in [0.25, 0.3) is 0 Å². The summed E-state index contributed by atoms with van der Waals surface area (Å²) in [5.41, 5.74) is 2.08. The molecule has 0 saturated carbocycles. The minimum atomic E-state index is -3.58. The molecular formula is C15H16ClNO2S. The first-order valence-electron chi connectivity index (χ1n) is 6.17. The monoisotopic (exact) mass is 309 g/mol. The average molecular weight is 310 g/mol. The molecule has 0 fully saturated rings. The lowest BCUT2D eigenvalue weighted by Crippen LogP contribution is -2.26. The molecule has 0 radical (unpaired) electrons. The van der Waals surface area contributed by atoms with Crippen LogP contribution in [0.1, 0.15) is 11.1 Å². The van der Waals surface area contributed by atoms with Gasteiger partial charge in [-0.1, -0.05) is 53.6 Å². The number of hydrogen-bond acceptors (Lipinski definition) is 2. The van der Waals surface area contributed by atoms with Gasteiger partial charge in [-0.25, -0.2) is 8.42 Å². The second-order valence-corrected chi connectivity index (χ2v) is 7.10. The molecule has 0 heterocycles. The summed E-state index contributed by atoms with van der Waals surface area (Å²) in [6, 6.07) is 14.2. The van der Waals surface area contributed by atoms with E-state index in [1.165, 1.54) is 10.4 Å². The second kappa shape index (κ2) is 5.95. The van der Waals surface area contributed by atoms with E-state index in [9.17, 15) is 8.42 Å². The molecule has 2 aromatic carbocycles. The molecule has 106 valence electrons. The van der Waals surface area contributed by atoms with Crippen molar-refractivity contribution in [3.63, 3.8) is 0 Å².